The van der Waals surface area contributed by atoms with Gasteiger partial charge in [0.1, 0.15) is 17.5 Å². The van der Waals surface area contributed by atoms with Crippen LogP contribution in [0.4, 0.5) is 0 Å². The standard InChI is InChI=1S/C52H31N7O/c1-2-12-34(13-3-1)49-56-50(58-51(57-49)38-15-10-16-40(28-38)59-44-19-8-6-17-41(44)42-18-7-9-20-45(42)59)35-24-22-33(23-25-35)46-48-47(55-31-54-46)43-29-39(30-53-52(43)60-48)37-26-21-32-11-4-5-14-36(32)27-37/h1-31H. The fraction of sp³-hybridized carbons (Fsp3) is 0. The van der Waals surface area contributed by atoms with Crippen molar-refractivity contribution in [3.63, 3.8) is 0 Å². The Balaban J connectivity index is 0.931. The number of aromatic nitrogens is 7. The molecule has 0 fully saturated rings. The van der Waals surface area contributed by atoms with Gasteiger partial charge in [-0.15, -0.1) is 0 Å². The Morgan fingerprint density at radius 1 is 0.400 bits per heavy atom. The van der Waals surface area contributed by atoms with Crippen LogP contribution in [-0.4, -0.2) is 34.5 Å². The smallest absolute Gasteiger partial charge is 0.229 e. The topological polar surface area (TPSA) is 95.4 Å². The molecule has 0 spiro atoms. The first-order valence-electron chi connectivity index (χ1n) is 19.8. The minimum Gasteiger partial charge on any atom is -0.434 e. The van der Waals surface area contributed by atoms with E-state index in [1.165, 1.54) is 21.5 Å². The van der Waals surface area contributed by atoms with Crippen LogP contribution in [0.1, 0.15) is 0 Å². The van der Waals surface area contributed by atoms with Crippen LogP contribution in [-0.2, 0) is 0 Å². The zero-order valence-electron chi connectivity index (χ0n) is 31.9. The van der Waals surface area contributed by atoms with Crippen molar-refractivity contribution in [3.8, 4) is 62.2 Å². The Bertz CT molecular complexity index is 3560. The van der Waals surface area contributed by atoms with E-state index in [2.05, 4.69) is 136 Å². The van der Waals surface area contributed by atoms with Crippen molar-refractivity contribution in [1.82, 2.24) is 34.5 Å². The van der Waals surface area contributed by atoms with E-state index in [1.807, 2.05) is 60.8 Å². The third-order valence-corrected chi connectivity index (χ3v) is 11.2. The molecule has 5 aromatic heterocycles. The number of fused-ring (bicyclic) bond motifs is 7. The number of pyridine rings is 1. The van der Waals surface area contributed by atoms with Gasteiger partial charge in [0.05, 0.1) is 16.4 Å². The highest BCUT2D eigenvalue weighted by atomic mass is 16.3. The van der Waals surface area contributed by atoms with E-state index in [0.29, 0.717) is 40.0 Å². The number of hydrogen-bond acceptors (Lipinski definition) is 7. The van der Waals surface area contributed by atoms with Gasteiger partial charge >= 0.3 is 0 Å². The number of furan rings is 1. The highest BCUT2D eigenvalue weighted by Crippen LogP contribution is 2.37. The summed E-state index contributed by atoms with van der Waals surface area (Å²) in [7, 11) is 0. The van der Waals surface area contributed by atoms with E-state index in [1.54, 1.807) is 6.33 Å². The lowest BCUT2D eigenvalue weighted by molar-refractivity contribution is 0.652. The van der Waals surface area contributed by atoms with Crippen molar-refractivity contribution in [2.24, 2.45) is 0 Å². The fourth-order valence-electron chi connectivity index (χ4n) is 8.31. The van der Waals surface area contributed by atoms with E-state index in [0.717, 1.165) is 55.5 Å². The van der Waals surface area contributed by atoms with Crippen LogP contribution in [0.3, 0.4) is 0 Å². The summed E-state index contributed by atoms with van der Waals surface area (Å²) in [5, 5.41) is 5.63. The fourth-order valence-corrected chi connectivity index (χ4v) is 8.31. The predicted molar refractivity (Wildman–Crippen MR) is 240 cm³/mol. The molecule has 0 unspecified atom stereocenters. The van der Waals surface area contributed by atoms with E-state index in [9.17, 15) is 0 Å². The number of hydrogen-bond donors (Lipinski definition) is 0. The van der Waals surface area contributed by atoms with E-state index >= 15 is 0 Å². The number of benzene rings is 7. The molecule has 0 radical (unpaired) electrons. The van der Waals surface area contributed by atoms with Crippen molar-refractivity contribution in [1.29, 1.82) is 0 Å². The van der Waals surface area contributed by atoms with Crippen LogP contribution in [0.15, 0.2) is 193 Å². The van der Waals surface area contributed by atoms with Gasteiger partial charge in [-0.25, -0.2) is 29.9 Å². The molecule has 0 saturated carbocycles. The van der Waals surface area contributed by atoms with Gasteiger partial charge in [0, 0.05) is 50.5 Å². The molecule has 5 heterocycles. The second kappa shape index (κ2) is 13.6. The lowest BCUT2D eigenvalue weighted by Gasteiger charge is -2.11. The van der Waals surface area contributed by atoms with Crippen molar-refractivity contribution in [3.05, 3.63) is 188 Å². The second-order valence-corrected chi connectivity index (χ2v) is 14.8. The number of rotatable bonds is 6. The summed E-state index contributed by atoms with van der Waals surface area (Å²) in [6, 6.07) is 60.4. The number of para-hydroxylation sites is 2. The molecule has 0 aliphatic rings. The molecule has 7 aromatic carbocycles. The first kappa shape index (κ1) is 33.7. The second-order valence-electron chi connectivity index (χ2n) is 14.8. The van der Waals surface area contributed by atoms with Crippen LogP contribution in [0, 0.1) is 0 Å². The first-order valence-corrected chi connectivity index (χ1v) is 19.8. The number of nitrogens with zero attached hydrogens (tertiary/aromatic N) is 7. The minimum atomic E-state index is 0.515. The van der Waals surface area contributed by atoms with Crippen molar-refractivity contribution in [2.45, 2.75) is 0 Å². The van der Waals surface area contributed by atoms with Gasteiger partial charge in [-0.2, -0.15) is 0 Å². The minimum absolute atomic E-state index is 0.515. The highest BCUT2D eigenvalue weighted by Gasteiger charge is 2.19. The van der Waals surface area contributed by atoms with E-state index in [-0.39, 0.29) is 0 Å². The third-order valence-electron chi connectivity index (χ3n) is 11.2. The summed E-state index contributed by atoms with van der Waals surface area (Å²) in [5.41, 5.74) is 11.4. The Morgan fingerprint density at radius 2 is 1.02 bits per heavy atom. The van der Waals surface area contributed by atoms with Gasteiger partial charge in [0.2, 0.25) is 5.71 Å². The molecule has 60 heavy (non-hydrogen) atoms. The van der Waals surface area contributed by atoms with Crippen molar-refractivity contribution < 1.29 is 4.42 Å². The van der Waals surface area contributed by atoms with Crippen molar-refractivity contribution in [2.75, 3.05) is 0 Å². The molecular formula is C52H31N7O. The highest BCUT2D eigenvalue weighted by molar-refractivity contribution is 6.09. The SMILES string of the molecule is c1ccc(-c2nc(-c3ccc(-c4ncnc5c4oc4ncc(-c6ccc7ccccc7c6)cc45)cc3)nc(-c3cccc(-n4c5ccccc5c5ccccc54)c3)n2)cc1. The average molecular weight is 770 g/mol. The van der Waals surface area contributed by atoms with Crippen LogP contribution in [0.25, 0.3) is 117 Å². The van der Waals surface area contributed by atoms with Gasteiger partial charge in [0.15, 0.2) is 23.1 Å². The van der Waals surface area contributed by atoms with Crippen LogP contribution in [0.5, 0.6) is 0 Å². The molecular weight excluding hydrogens is 739 g/mol. The Morgan fingerprint density at radius 3 is 1.78 bits per heavy atom. The van der Waals surface area contributed by atoms with Crippen LogP contribution in [0.2, 0.25) is 0 Å². The molecule has 12 rings (SSSR count). The average Bonchev–Trinajstić information content (AvgIpc) is 3.87. The van der Waals surface area contributed by atoms with Gasteiger partial charge < -0.3 is 8.98 Å². The summed E-state index contributed by atoms with van der Waals surface area (Å²) in [6.45, 7) is 0. The molecule has 0 atom stereocenters. The maximum Gasteiger partial charge on any atom is 0.229 e. The molecule has 8 heteroatoms. The first-order chi connectivity index (χ1) is 29.7. The maximum absolute atomic E-state index is 6.36. The summed E-state index contributed by atoms with van der Waals surface area (Å²) in [4.78, 5) is 29.2. The Hall–Kier alpha value is -8.36. The predicted octanol–water partition coefficient (Wildman–Crippen LogP) is 12.5. The zero-order valence-corrected chi connectivity index (χ0v) is 31.9. The lowest BCUT2D eigenvalue weighted by atomic mass is 10.0. The van der Waals surface area contributed by atoms with E-state index < -0.39 is 0 Å². The molecule has 0 aliphatic carbocycles. The third kappa shape index (κ3) is 5.61. The lowest BCUT2D eigenvalue weighted by Crippen LogP contribution is -2.01. The van der Waals surface area contributed by atoms with Gasteiger partial charge in [-0.05, 0) is 52.7 Å². The summed E-state index contributed by atoms with van der Waals surface area (Å²) < 4.78 is 8.66. The molecule has 0 amide bonds. The van der Waals surface area contributed by atoms with Crippen LogP contribution >= 0.6 is 0 Å². The van der Waals surface area contributed by atoms with Crippen LogP contribution < -0.4 is 0 Å². The quantitative estimate of drug-likeness (QED) is 0.166. The molecule has 0 saturated heterocycles. The Kier molecular flexibility index (Phi) is 7.67. The maximum atomic E-state index is 6.36. The molecule has 12 aromatic rings. The summed E-state index contributed by atoms with van der Waals surface area (Å²) in [5.74, 6) is 1.74. The molecule has 0 N–H and O–H groups in total. The van der Waals surface area contributed by atoms with Gasteiger partial charge in [-0.1, -0.05) is 140 Å². The molecule has 8 nitrogen and oxygen atoms in total. The monoisotopic (exact) mass is 769 g/mol. The van der Waals surface area contributed by atoms with E-state index in [4.69, 9.17) is 24.4 Å². The van der Waals surface area contributed by atoms with Crippen molar-refractivity contribution >= 4 is 54.8 Å². The largest absolute Gasteiger partial charge is 0.434 e. The molecule has 0 bridgehead atoms. The van der Waals surface area contributed by atoms with Gasteiger partial charge in [0.25, 0.3) is 0 Å². The Labute approximate surface area is 343 Å². The van der Waals surface area contributed by atoms with Gasteiger partial charge in [-0.3, -0.25) is 0 Å². The molecule has 280 valence electrons. The normalized spacial score (nSPS) is 11.7. The summed E-state index contributed by atoms with van der Waals surface area (Å²) in [6.07, 6.45) is 3.44. The summed E-state index contributed by atoms with van der Waals surface area (Å²) >= 11 is 0. The molecule has 0 aliphatic heterocycles. The zero-order chi connectivity index (χ0) is 39.6.